The van der Waals surface area contributed by atoms with Gasteiger partial charge in [0.1, 0.15) is 0 Å². The van der Waals surface area contributed by atoms with Crippen molar-refractivity contribution in [1.29, 1.82) is 0 Å². The molecule has 1 aromatic carbocycles. The number of rotatable bonds is 6. The van der Waals surface area contributed by atoms with Gasteiger partial charge in [-0.15, -0.1) is 0 Å². The van der Waals surface area contributed by atoms with Gasteiger partial charge in [0.2, 0.25) is 0 Å². The number of hydrogen-bond donors (Lipinski definition) is 1. The smallest absolute Gasteiger partial charge is 0.0236 e. The van der Waals surface area contributed by atoms with Crippen LogP contribution in [0.1, 0.15) is 43.2 Å². The molecule has 0 atom stereocenters. The highest BCUT2D eigenvalue weighted by Crippen LogP contribution is 2.17. The van der Waals surface area contributed by atoms with Crippen LogP contribution in [0.3, 0.4) is 0 Å². The minimum absolute atomic E-state index is 0.814. The molecule has 0 aromatic heterocycles. The maximum absolute atomic E-state index is 5.57. The molecule has 0 aliphatic carbocycles. The lowest BCUT2D eigenvalue weighted by atomic mass is 10.0. The normalized spacial score (nSPS) is 16.9. The third kappa shape index (κ3) is 4.11. The van der Waals surface area contributed by atoms with Crippen molar-refractivity contribution in [2.24, 2.45) is 5.73 Å². The number of likely N-dealkylation sites (tertiary alicyclic amines) is 1. The van der Waals surface area contributed by atoms with Gasteiger partial charge in [0.05, 0.1) is 0 Å². The van der Waals surface area contributed by atoms with E-state index in [1.165, 1.54) is 56.3 Å². The zero-order chi connectivity index (χ0) is 12.6. The molecule has 0 amide bonds. The first kappa shape index (κ1) is 13.6. The van der Waals surface area contributed by atoms with Crippen molar-refractivity contribution in [2.75, 3.05) is 19.6 Å². The molecule has 0 unspecified atom stereocenters. The fourth-order valence-corrected chi connectivity index (χ4v) is 2.77. The number of unbranched alkanes of at least 4 members (excludes halogenated alkanes) is 1. The Morgan fingerprint density at radius 1 is 0.944 bits per heavy atom. The van der Waals surface area contributed by atoms with E-state index in [9.17, 15) is 0 Å². The Bertz CT molecular complexity index is 343. The van der Waals surface area contributed by atoms with Crippen LogP contribution < -0.4 is 5.73 Å². The van der Waals surface area contributed by atoms with Gasteiger partial charge in [0.15, 0.2) is 0 Å². The van der Waals surface area contributed by atoms with E-state index < -0.39 is 0 Å². The third-order valence-corrected chi connectivity index (χ3v) is 3.86. The molecule has 1 saturated heterocycles. The van der Waals surface area contributed by atoms with Crippen LogP contribution in [0.4, 0.5) is 0 Å². The van der Waals surface area contributed by atoms with Crippen LogP contribution in [-0.2, 0) is 13.0 Å². The summed E-state index contributed by atoms with van der Waals surface area (Å²) < 4.78 is 0. The Kier molecular flexibility index (Phi) is 5.69. The van der Waals surface area contributed by atoms with E-state index in [0.29, 0.717) is 0 Å². The molecule has 1 aliphatic heterocycles. The van der Waals surface area contributed by atoms with Crippen LogP contribution >= 0.6 is 0 Å². The topological polar surface area (TPSA) is 29.3 Å². The van der Waals surface area contributed by atoms with Gasteiger partial charge in [-0.25, -0.2) is 0 Å². The predicted molar refractivity (Wildman–Crippen MR) is 77.6 cm³/mol. The largest absolute Gasteiger partial charge is 0.330 e. The van der Waals surface area contributed by atoms with Crippen molar-refractivity contribution in [3.63, 3.8) is 0 Å². The van der Waals surface area contributed by atoms with Crippen molar-refractivity contribution in [3.05, 3.63) is 35.4 Å². The molecule has 1 aromatic rings. The van der Waals surface area contributed by atoms with Crippen molar-refractivity contribution < 1.29 is 0 Å². The first-order valence-electron chi connectivity index (χ1n) is 7.39. The van der Waals surface area contributed by atoms with Crippen LogP contribution in [0.2, 0.25) is 0 Å². The summed E-state index contributed by atoms with van der Waals surface area (Å²) >= 11 is 0. The van der Waals surface area contributed by atoms with Crippen LogP contribution in [-0.4, -0.2) is 24.5 Å². The fraction of sp³-hybridized carbons (Fsp3) is 0.625. The molecule has 2 heteroatoms. The second-order valence-electron chi connectivity index (χ2n) is 5.35. The molecule has 0 saturated carbocycles. The van der Waals surface area contributed by atoms with E-state index in [4.69, 9.17) is 5.73 Å². The summed E-state index contributed by atoms with van der Waals surface area (Å²) in [4.78, 5) is 2.60. The fourth-order valence-electron chi connectivity index (χ4n) is 2.77. The zero-order valence-electron chi connectivity index (χ0n) is 11.4. The zero-order valence-corrected chi connectivity index (χ0v) is 11.4. The molecular weight excluding hydrogens is 220 g/mol. The summed E-state index contributed by atoms with van der Waals surface area (Å²) in [5, 5.41) is 0. The van der Waals surface area contributed by atoms with Crippen LogP contribution in [0.25, 0.3) is 0 Å². The van der Waals surface area contributed by atoms with E-state index in [0.717, 1.165) is 19.5 Å². The molecule has 2 rings (SSSR count). The number of nitrogens with two attached hydrogens (primary N) is 1. The van der Waals surface area contributed by atoms with Crippen LogP contribution in [0.5, 0.6) is 0 Å². The minimum Gasteiger partial charge on any atom is -0.330 e. The lowest BCUT2D eigenvalue weighted by Gasteiger charge is -2.27. The first-order valence-corrected chi connectivity index (χ1v) is 7.39. The number of piperidine rings is 1. The third-order valence-electron chi connectivity index (χ3n) is 3.86. The van der Waals surface area contributed by atoms with Crippen molar-refractivity contribution in [2.45, 2.75) is 45.1 Å². The van der Waals surface area contributed by atoms with Gasteiger partial charge in [-0.3, -0.25) is 4.90 Å². The Morgan fingerprint density at radius 3 is 2.39 bits per heavy atom. The Morgan fingerprint density at radius 2 is 1.67 bits per heavy atom. The summed E-state index contributed by atoms with van der Waals surface area (Å²) in [7, 11) is 0. The maximum Gasteiger partial charge on any atom is 0.0236 e. The standard InChI is InChI=1S/C16H26N2/c17-11-5-4-9-15-8-2-3-10-16(15)14-18-12-6-1-7-13-18/h2-3,8,10H,1,4-7,9,11-14,17H2. The second-order valence-corrected chi connectivity index (χ2v) is 5.35. The van der Waals surface area contributed by atoms with Crippen molar-refractivity contribution >= 4 is 0 Å². The van der Waals surface area contributed by atoms with E-state index in [1.54, 1.807) is 0 Å². The molecule has 0 bridgehead atoms. The molecule has 0 radical (unpaired) electrons. The van der Waals surface area contributed by atoms with Crippen LogP contribution in [0, 0.1) is 0 Å². The quantitative estimate of drug-likeness (QED) is 0.782. The molecule has 1 aliphatic rings. The van der Waals surface area contributed by atoms with Gasteiger partial charge in [0.25, 0.3) is 0 Å². The molecular formula is C16H26N2. The number of hydrogen-bond acceptors (Lipinski definition) is 2. The molecule has 1 fully saturated rings. The highest BCUT2D eigenvalue weighted by atomic mass is 15.1. The van der Waals surface area contributed by atoms with Gasteiger partial charge < -0.3 is 5.73 Å². The van der Waals surface area contributed by atoms with E-state index in [-0.39, 0.29) is 0 Å². The van der Waals surface area contributed by atoms with Crippen LogP contribution in [0.15, 0.2) is 24.3 Å². The van der Waals surface area contributed by atoms with E-state index >= 15 is 0 Å². The summed E-state index contributed by atoms with van der Waals surface area (Å²) in [5.41, 5.74) is 8.62. The van der Waals surface area contributed by atoms with Gasteiger partial charge in [-0.05, 0) is 62.9 Å². The summed E-state index contributed by atoms with van der Waals surface area (Å²) in [5.74, 6) is 0. The number of aryl methyl sites for hydroxylation is 1. The molecule has 1 heterocycles. The lowest BCUT2D eigenvalue weighted by Crippen LogP contribution is -2.29. The Labute approximate surface area is 111 Å². The monoisotopic (exact) mass is 246 g/mol. The minimum atomic E-state index is 0.814. The molecule has 2 nitrogen and oxygen atoms in total. The summed E-state index contributed by atoms with van der Waals surface area (Å²) in [6.45, 7) is 4.50. The first-order chi connectivity index (χ1) is 8.90. The highest BCUT2D eigenvalue weighted by molar-refractivity contribution is 5.27. The molecule has 0 spiro atoms. The Balaban J connectivity index is 1.93. The maximum atomic E-state index is 5.57. The predicted octanol–water partition coefficient (Wildman–Crippen LogP) is 2.95. The summed E-state index contributed by atoms with van der Waals surface area (Å²) in [6.07, 6.45) is 7.69. The summed E-state index contributed by atoms with van der Waals surface area (Å²) in [6, 6.07) is 8.92. The van der Waals surface area contributed by atoms with Gasteiger partial charge in [0, 0.05) is 6.54 Å². The van der Waals surface area contributed by atoms with Gasteiger partial charge >= 0.3 is 0 Å². The van der Waals surface area contributed by atoms with Gasteiger partial charge in [-0.2, -0.15) is 0 Å². The lowest BCUT2D eigenvalue weighted by molar-refractivity contribution is 0.220. The molecule has 100 valence electrons. The number of benzene rings is 1. The van der Waals surface area contributed by atoms with E-state index in [2.05, 4.69) is 29.2 Å². The average Bonchev–Trinajstić information content (AvgIpc) is 2.42. The SMILES string of the molecule is NCCCCc1ccccc1CN1CCCCC1. The van der Waals surface area contributed by atoms with E-state index in [1.807, 2.05) is 0 Å². The second kappa shape index (κ2) is 7.55. The number of nitrogens with zero attached hydrogens (tertiary/aromatic N) is 1. The average molecular weight is 246 g/mol. The van der Waals surface area contributed by atoms with Crippen molar-refractivity contribution in [3.8, 4) is 0 Å². The molecule has 18 heavy (non-hydrogen) atoms. The Hall–Kier alpha value is -0.860. The molecule has 2 N–H and O–H groups in total. The highest BCUT2D eigenvalue weighted by Gasteiger charge is 2.11. The van der Waals surface area contributed by atoms with Crippen molar-refractivity contribution in [1.82, 2.24) is 4.90 Å². The van der Waals surface area contributed by atoms with Gasteiger partial charge in [-0.1, -0.05) is 30.7 Å².